The zero-order valence-electron chi connectivity index (χ0n) is 19.2. The Hall–Kier alpha value is -3.01. The highest BCUT2D eigenvalue weighted by Gasteiger charge is 2.27. The molecule has 0 spiro atoms. The van der Waals surface area contributed by atoms with Crippen molar-refractivity contribution in [3.63, 3.8) is 0 Å². The standard InChI is InChI=1S/C24H29N5O3S/c1-18-23(19(2)29(26-18)21-9-5-4-6-10-21)17-24(30)25-20-8-7-11-22(16-20)33(31,32)28-14-12-27(3)13-15-28/h4-11,16H,12-15,17H2,1-3H3,(H,25,30). The van der Waals surface area contributed by atoms with Crippen LogP contribution in [0, 0.1) is 13.8 Å². The van der Waals surface area contributed by atoms with Crippen LogP contribution in [0.5, 0.6) is 0 Å². The highest BCUT2D eigenvalue weighted by atomic mass is 32.2. The molecule has 0 radical (unpaired) electrons. The van der Waals surface area contributed by atoms with E-state index in [1.54, 1.807) is 18.2 Å². The fraction of sp³-hybridized carbons (Fsp3) is 0.333. The van der Waals surface area contributed by atoms with Crippen molar-refractivity contribution >= 4 is 21.6 Å². The molecule has 1 N–H and O–H groups in total. The van der Waals surface area contributed by atoms with Crippen molar-refractivity contribution in [1.82, 2.24) is 19.0 Å². The largest absolute Gasteiger partial charge is 0.326 e. The van der Waals surface area contributed by atoms with E-state index < -0.39 is 10.0 Å². The molecular formula is C24H29N5O3S. The summed E-state index contributed by atoms with van der Waals surface area (Å²) in [6.07, 6.45) is 0.153. The summed E-state index contributed by atoms with van der Waals surface area (Å²) in [5.41, 5.74) is 3.95. The zero-order chi connectivity index (χ0) is 23.6. The van der Waals surface area contributed by atoms with E-state index >= 15 is 0 Å². The minimum absolute atomic E-state index is 0.153. The molecular weight excluding hydrogens is 438 g/mol. The second-order valence-corrected chi connectivity index (χ2v) is 10.3. The Morgan fingerprint density at radius 2 is 1.70 bits per heavy atom. The summed E-state index contributed by atoms with van der Waals surface area (Å²) < 4.78 is 29.4. The first-order valence-electron chi connectivity index (χ1n) is 10.9. The lowest BCUT2D eigenvalue weighted by Crippen LogP contribution is -2.47. The summed E-state index contributed by atoms with van der Waals surface area (Å²) in [6.45, 7) is 6.14. The number of piperazine rings is 1. The Bertz CT molecular complexity index is 1250. The lowest BCUT2D eigenvalue weighted by molar-refractivity contribution is -0.115. The molecule has 1 amide bonds. The quantitative estimate of drug-likeness (QED) is 0.602. The van der Waals surface area contributed by atoms with Crippen LogP contribution in [0.1, 0.15) is 17.0 Å². The van der Waals surface area contributed by atoms with E-state index in [0.29, 0.717) is 31.9 Å². The fourth-order valence-electron chi connectivity index (χ4n) is 4.03. The van der Waals surface area contributed by atoms with Gasteiger partial charge in [-0.15, -0.1) is 0 Å². The molecule has 2 aromatic carbocycles. The number of hydrogen-bond donors (Lipinski definition) is 1. The van der Waals surface area contributed by atoms with Gasteiger partial charge in [0.2, 0.25) is 15.9 Å². The van der Waals surface area contributed by atoms with Gasteiger partial charge in [0, 0.05) is 43.1 Å². The van der Waals surface area contributed by atoms with Gasteiger partial charge in [0.15, 0.2) is 0 Å². The summed E-state index contributed by atoms with van der Waals surface area (Å²) in [5, 5.41) is 7.44. The van der Waals surface area contributed by atoms with E-state index in [1.807, 2.05) is 55.9 Å². The molecule has 2 heterocycles. The molecule has 8 nitrogen and oxygen atoms in total. The number of likely N-dealkylation sites (N-methyl/N-ethyl adjacent to an activating group) is 1. The molecule has 0 saturated carbocycles. The maximum absolute atomic E-state index is 13.0. The van der Waals surface area contributed by atoms with Gasteiger partial charge in [-0.25, -0.2) is 13.1 Å². The first kappa shape index (κ1) is 23.2. The number of amides is 1. The molecule has 33 heavy (non-hydrogen) atoms. The molecule has 174 valence electrons. The molecule has 1 aromatic heterocycles. The second-order valence-electron chi connectivity index (χ2n) is 8.36. The molecule has 1 aliphatic heterocycles. The first-order valence-corrected chi connectivity index (χ1v) is 12.4. The number of nitrogens with zero attached hydrogens (tertiary/aromatic N) is 4. The Balaban J connectivity index is 1.49. The number of nitrogens with one attached hydrogen (secondary N) is 1. The molecule has 1 fully saturated rings. The predicted octanol–water partition coefficient (Wildman–Crippen LogP) is 2.61. The van der Waals surface area contributed by atoms with Gasteiger partial charge in [0.25, 0.3) is 0 Å². The molecule has 9 heteroatoms. The Kier molecular flexibility index (Phi) is 6.64. The number of carbonyl (C=O) groups excluding carboxylic acids is 1. The number of benzene rings is 2. The minimum atomic E-state index is -3.60. The number of aryl methyl sites for hydroxylation is 1. The number of rotatable bonds is 6. The van der Waals surface area contributed by atoms with E-state index in [4.69, 9.17) is 0 Å². The van der Waals surface area contributed by atoms with Gasteiger partial charge >= 0.3 is 0 Å². The number of para-hydroxylation sites is 1. The van der Waals surface area contributed by atoms with Crippen LogP contribution < -0.4 is 5.32 Å². The Labute approximate surface area is 194 Å². The third-order valence-electron chi connectivity index (χ3n) is 6.00. The maximum atomic E-state index is 13.0. The van der Waals surface area contributed by atoms with Crippen molar-refractivity contribution in [3.05, 3.63) is 71.5 Å². The van der Waals surface area contributed by atoms with Crippen molar-refractivity contribution < 1.29 is 13.2 Å². The van der Waals surface area contributed by atoms with Crippen molar-refractivity contribution in [2.45, 2.75) is 25.2 Å². The van der Waals surface area contributed by atoms with Crippen molar-refractivity contribution in [3.8, 4) is 5.69 Å². The fourth-order valence-corrected chi connectivity index (χ4v) is 5.50. The van der Waals surface area contributed by atoms with E-state index in [2.05, 4.69) is 15.3 Å². The van der Waals surface area contributed by atoms with E-state index in [0.717, 1.165) is 22.6 Å². The van der Waals surface area contributed by atoms with Crippen LogP contribution in [0.25, 0.3) is 5.69 Å². The van der Waals surface area contributed by atoms with Crippen LogP contribution in [0.15, 0.2) is 59.5 Å². The van der Waals surface area contributed by atoms with Gasteiger partial charge in [-0.2, -0.15) is 9.40 Å². The number of aromatic nitrogens is 2. The average molecular weight is 468 g/mol. The van der Waals surface area contributed by atoms with Gasteiger partial charge < -0.3 is 10.2 Å². The van der Waals surface area contributed by atoms with Crippen LogP contribution in [0.2, 0.25) is 0 Å². The molecule has 0 unspecified atom stereocenters. The van der Waals surface area contributed by atoms with Crippen LogP contribution in [-0.4, -0.2) is 66.5 Å². The molecule has 1 saturated heterocycles. The van der Waals surface area contributed by atoms with Gasteiger partial charge in [0.1, 0.15) is 0 Å². The van der Waals surface area contributed by atoms with Gasteiger partial charge in [-0.05, 0) is 51.2 Å². The molecule has 1 aliphatic rings. The summed E-state index contributed by atoms with van der Waals surface area (Å²) in [4.78, 5) is 15.1. The van der Waals surface area contributed by atoms with Crippen LogP contribution in [0.3, 0.4) is 0 Å². The lowest BCUT2D eigenvalue weighted by atomic mass is 10.1. The number of carbonyl (C=O) groups is 1. The summed E-state index contributed by atoms with van der Waals surface area (Å²) in [5.74, 6) is -0.219. The first-order chi connectivity index (χ1) is 15.8. The molecule has 4 rings (SSSR count). The van der Waals surface area contributed by atoms with E-state index in [1.165, 1.54) is 10.4 Å². The minimum Gasteiger partial charge on any atom is -0.326 e. The van der Waals surface area contributed by atoms with Gasteiger partial charge in [-0.3, -0.25) is 4.79 Å². The lowest BCUT2D eigenvalue weighted by Gasteiger charge is -2.31. The number of hydrogen-bond acceptors (Lipinski definition) is 5. The number of sulfonamides is 1. The van der Waals surface area contributed by atoms with Crippen LogP contribution in [0.4, 0.5) is 5.69 Å². The predicted molar refractivity (Wildman–Crippen MR) is 128 cm³/mol. The maximum Gasteiger partial charge on any atom is 0.243 e. The molecule has 0 aliphatic carbocycles. The topological polar surface area (TPSA) is 87.5 Å². The Morgan fingerprint density at radius 1 is 1.00 bits per heavy atom. The third kappa shape index (κ3) is 5.00. The molecule has 3 aromatic rings. The number of anilines is 1. The van der Waals surface area contributed by atoms with Crippen LogP contribution in [-0.2, 0) is 21.2 Å². The van der Waals surface area contributed by atoms with Crippen molar-refractivity contribution in [2.75, 3.05) is 38.5 Å². The normalized spacial score (nSPS) is 15.5. The Morgan fingerprint density at radius 3 is 2.39 bits per heavy atom. The van der Waals surface area contributed by atoms with Crippen molar-refractivity contribution in [2.24, 2.45) is 0 Å². The molecule has 0 atom stereocenters. The van der Waals surface area contributed by atoms with E-state index in [-0.39, 0.29) is 17.2 Å². The summed E-state index contributed by atoms with van der Waals surface area (Å²) in [6, 6.07) is 16.2. The highest BCUT2D eigenvalue weighted by Crippen LogP contribution is 2.22. The SMILES string of the molecule is Cc1nn(-c2ccccc2)c(C)c1CC(=O)Nc1cccc(S(=O)(=O)N2CCN(C)CC2)c1. The summed E-state index contributed by atoms with van der Waals surface area (Å²) in [7, 11) is -1.62. The van der Waals surface area contributed by atoms with Gasteiger partial charge in [0.05, 0.1) is 22.7 Å². The third-order valence-corrected chi connectivity index (χ3v) is 7.89. The van der Waals surface area contributed by atoms with Gasteiger partial charge in [-0.1, -0.05) is 24.3 Å². The highest BCUT2D eigenvalue weighted by molar-refractivity contribution is 7.89. The van der Waals surface area contributed by atoms with Crippen molar-refractivity contribution in [1.29, 1.82) is 0 Å². The van der Waals surface area contributed by atoms with E-state index in [9.17, 15) is 13.2 Å². The smallest absolute Gasteiger partial charge is 0.243 e. The zero-order valence-corrected chi connectivity index (χ0v) is 20.0. The van der Waals surface area contributed by atoms with Crippen LogP contribution >= 0.6 is 0 Å². The summed E-state index contributed by atoms with van der Waals surface area (Å²) >= 11 is 0. The molecule has 0 bridgehead atoms. The monoisotopic (exact) mass is 467 g/mol. The average Bonchev–Trinajstić information content (AvgIpc) is 3.08. The second kappa shape index (κ2) is 9.46.